The number of nitrogens with zero attached hydrogens (tertiary/aromatic N) is 1. The monoisotopic (exact) mass is 484 g/mol. The predicted molar refractivity (Wildman–Crippen MR) is 127 cm³/mol. The third kappa shape index (κ3) is 5.25. The van der Waals surface area contributed by atoms with Gasteiger partial charge in [0.1, 0.15) is 17.3 Å². The quantitative estimate of drug-likeness (QED) is 0.498. The highest BCUT2D eigenvalue weighted by Gasteiger charge is 2.40. The number of piperidine rings is 1. The number of halogens is 2. The average molecular weight is 485 g/mol. The maximum atomic E-state index is 14.1. The molecule has 178 valence electrons. The molecular formula is C26H26ClFN2O4. The molecule has 2 N–H and O–H groups in total. The van der Waals surface area contributed by atoms with E-state index in [-0.39, 0.29) is 42.6 Å². The molecule has 0 bridgehead atoms. The van der Waals surface area contributed by atoms with Crippen LogP contribution in [0, 0.1) is 18.2 Å². The molecule has 1 aliphatic rings. The van der Waals surface area contributed by atoms with Gasteiger partial charge in [0.05, 0.1) is 12.2 Å². The number of benzene rings is 2. The highest BCUT2D eigenvalue weighted by Crippen LogP contribution is 2.36. The van der Waals surface area contributed by atoms with Crippen molar-refractivity contribution in [3.8, 4) is 17.1 Å². The number of ether oxygens (including phenoxy) is 1. The topological polar surface area (TPSA) is 85.8 Å². The van der Waals surface area contributed by atoms with Crippen molar-refractivity contribution < 1.29 is 23.1 Å². The lowest BCUT2D eigenvalue weighted by atomic mass is 9.77. The number of amides is 2. The van der Waals surface area contributed by atoms with Crippen molar-refractivity contribution in [3.05, 3.63) is 76.8 Å². The third-order valence-electron chi connectivity index (χ3n) is 6.13. The molecule has 8 heteroatoms. The van der Waals surface area contributed by atoms with Gasteiger partial charge in [-0.15, -0.1) is 0 Å². The normalized spacial score (nSPS) is 18.0. The second-order valence-electron chi connectivity index (χ2n) is 8.82. The van der Waals surface area contributed by atoms with Gasteiger partial charge in [0.2, 0.25) is 5.91 Å². The highest BCUT2D eigenvalue weighted by atomic mass is 35.5. The summed E-state index contributed by atoms with van der Waals surface area (Å²) in [6, 6.07) is 14.7. The van der Waals surface area contributed by atoms with Crippen molar-refractivity contribution >= 4 is 23.4 Å². The van der Waals surface area contributed by atoms with Gasteiger partial charge in [-0.3, -0.25) is 9.59 Å². The third-order valence-corrected chi connectivity index (χ3v) is 6.55. The first kappa shape index (κ1) is 23.8. The van der Waals surface area contributed by atoms with Gasteiger partial charge in [-0.25, -0.2) is 4.39 Å². The molecule has 1 unspecified atom stereocenters. The van der Waals surface area contributed by atoms with E-state index in [0.717, 1.165) is 5.56 Å². The minimum atomic E-state index is -0.631. The SMILES string of the molecule is Cc1cc(OCC2(CC(N)=O)CCCN(C(=O)c3ccc(-c4ccccc4F)o3)C2)ccc1Cl. The number of hydrogen-bond donors (Lipinski definition) is 1. The number of likely N-dealkylation sites (tertiary alicyclic amines) is 1. The molecule has 34 heavy (non-hydrogen) atoms. The van der Waals surface area contributed by atoms with Gasteiger partial charge in [0.15, 0.2) is 5.76 Å². The Morgan fingerprint density at radius 3 is 2.74 bits per heavy atom. The van der Waals surface area contributed by atoms with Gasteiger partial charge >= 0.3 is 0 Å². The lowest BCUT2D eigenvalue weighted by Gasteiger charge is -2.41. The highest BCUT2D eigenvalue weighted by molar-refractivity contribution is 6.31. The fourth-order valence-electron chi connectivity index (χ4n) is 4.42. The van der Waals surface area contributed by atoms with Crippen molar-refractivity contribution in [2.24, 2.45) is 11.1 Å². The Kier molecular flexibility index (Phi) is 6.93. The molecule has 1 atom stereocenters. The average Bonchev–Trinajstić information content (AvgIpc) is 3.29. The van der Waals surface area contributed by atoms with Crippen LogP contribution >= 0.6 is 11.6 Å². The van der Waals surface area contributed by atoms with E-state index in [4.69, 9.17) is 26.5 Å². The molecule has 2 aromatic carbocycles. The molecule has 1 aliphatic heterocycles. The van der Waals surface area contributed by atoms with Crippen molar-refractivity contribution in [2.75, 3.05) is 19.7 Å². The van der Waals surface area contributed by atoms with E-state index in [0.29, 0.717) is 30.2 Å². The maximum Gasteiger partial charge on any atom is 0.289 e. The number of carbonyl (C=O) groups excluding carboxylic acids is 2. The van der Waals surface area contributed by atoms with E-state index >= 15 is 0 Å². The first-order valence-electron chi connectivity index (χ1n) is 11.1. The summed E-state index contributed by atoms with van der Waals surface area (Å²) in [6.45, 7) is 2.90. The van der Waals surface area contributed by atoms with E-state index < -0.39 is 17.1 Å². The van der Waals surface area contributed by atoms with Crippen molar-refractivity contribution in [1.82, 2.24) is 4.90 Å². The smallest absolute Gasteiger partial charge is 0.289 e. The first-order chi connectivity index (χ1) is 16.3. The summed E-state index contributed by atoms with van der Waals surface area (Å²) in [5.74, 6) is -0.173. The van der Waals surface area contributed by atoms with Crippen LogP contribution in [0.15, 0.2) is 59.0 Å². The molecule has 3 aromatic rings. The molecule has 1 saturated heterocycles. The summed E-state index contributed by atoms with van der Waals surface area (Å²) in [5, 5.41) is 0.641. The van der Waals surface area contributed by atoms with Gasteiger partial charge in [-0.2, -0.15) is 0 Å². The van der Waals surface area contributed by atoms with Crippen LogP contribution in [0.3, 0.4) is 0 Å². The summed E-state index contributed by atoms with van der Waals surface area (Å²) in [5.41, 5.74) is 6.10. The van der Waals surface area contributed by atoms with Crippen LogP contribution in [0.5, 0.6) is 5.75 Å². The Morgan fingerprint density at radius 2 is 2.00 bits per heavy atom. The van der Waals surface area contributed by atoms with E-state index in [9.17, 15) is 14.0 Å². The molecule has 2 heterocycles. The van der Waals surface area contributed by atoms with Crippen LogP contribution in [0.4, 0.5) is 4.39 Å². The van der Waals surface area contributed by atoms with Gasteiger partial charge in [0, 0.05) is 29.9 Å². The van der Waals surface area contributed by atoms with E-state index in [1.165, 1.54) is 6.07 Å². The summed E-state index contributed by atoms with van der Waals surface area (Å²) in [7, 11) is 0. The standard InChI is InChI=1S/C26H26ClFN2O4/c1-17-13-18(7-8-20(17)27)33-16-26(14-24(29)31)11-4-12-30(15-26)25(32)23-10-9-22(34-23)19-5-2-3-6-21(19)28/h2-3,5-10,13H,4,11-12,14-16H2,1H3,(H2,29,31). The molecule has 0 spiro atoms. The van der Waals surface area contributed by atoms with Crippen molar-refractivity contribution in [3.63, 3.8) is 0 Å². The van der Waals surface area contributed by atoms with Crippen molar-refractivity contribution in [1.29, 1.82) is 0 Å². The van der Waals surface area contributed by atoms with Crippen LogP contribution < -0.4 is 10.5 Å². The predicted octanol–water partition coefficient (Wildman–Crippen LogP) is 5.22. The maximum absolute atomic E-state index is 14.1. The summed E-state index contributed by atoms with van der Waals surface area (Å²) >= 11 is 6.10. The van der Waals surface area contributed by atoms with Crippen LogP contribution in [0.25, 0.3) is 11.3 Å². The Hall–Kier alpha value is -3.32. The van der Waals surface area contributed by atoms with Gasteiger partial charge in [0.25, 0.3) is 5.91 Å². The molecule has 6 nitrogen and oxygen atoms in total. The zero-order chi connectivity index (χ0) is 24.3. The number of furan rings is 1. The summed E-state index contributed by atoms with van der Waals surface area (Å²) in [6.07, 6.45) is 1.45. The molecule has 4 rings (SSSR count). The zero-order valence-corrected chi connectivity index (χ0v) is 19.6. The minimum Gasteiger partial charge on any atom is -0.493 e. The van der Waals surface area contributed by atoms with Crippen LogP contribution in [0.2, 0.25) is 5.02 Å². The largest absolute Gasteiger partial charge is 0.493 e. The van der Waals surface area contributed by atoms with Crippen LogP contribution in [-0.4, -0.2) is 36.4 Å². The minimum absolute atomic E-state index is 0.0853. The number of nitrogens with two attached hydrogens (primary N) is 1. The Labute approximate surface area is 202 Å². The van der Waals surface area contributed by atoms with Gasteiger partial charge < -0.3 is 19.8 Å². The van der Waals surface area contributed by atoms with Crippen molar-refractivity contribution in [2.45, 2.75) is 26.2 Å². The van der Waals surface area contributed by atoms with E-state index in [1.54, 1.807) is 47.4 Å². The summed E-state index contributed by atoms with van der Waals surface area (Å²) in [4.78, 5) is 26.8. The van der Waals surface area contributed by atoms with Crippen LogP contribution in [-0.2, 0) is 4.79 Å². The number of hydrogen-bond acceptors (Lipinski definition) is 4. The van der Waals surface area contributed by atoms with E-state index in [1.807, 2.05) is 13.0 Å². The zero-order valence-electron chi connectivity index (χ0n) is 18.9. The molecule has 0 saturated carbocycles. The Balaban J connectivity index is 1.51. The molecular weight excluding hydrogens is 459 g/mol. The second kappa shape index (κ2) is 9.89. The summed E-state index contributed by atoms with van der Waals surface area (Å²) < 4.78 is 25.8. The molecule has 1 aromatic heterocycles. The van der Waals surface area contributed by atoms with E-state index in [2.05, 4.69) is 0 Å². The first-order valence-corrected chi connectivity index (χ1v) is 11.5. The Morgan fingerprint density at radius 1 is 1.21 bits per heavy atom. The molecule has 0 radical (unpaired) electrons. The number of aryl methyl sites for hydroxylation is 1. The van der Waals surface area contributed by atoms with Crippen LogP contribution in [0.1, 0.15) is 35.4 Å². The lowest BCUT2D eigenvalue weighted by molar-refractivity contribution is -0.122. The Bertz CT molecular complexity index is 1210. The fraction of sp³-hybridized carbons (Fsp3) is 0.308. The van der Waals surface area contributed by atoms with Gasteiger partial charge in [-0.05, 0) is 67.8 Å². The lowest BCUT2D eigenvalue weighted by Crippen LogP contribution is -2.50. The second-order valence-corrected chi connectivity index (χ2v) is 9.22. The number of primary amides is 1. The molecule has 2 amide bonds. The molecule has 0 aliphatic carbocycles. The number of rotatable bonds is 7. The number of carbonyl (C=O) groups is 2. The van der Waals surface area contributed by atoms with Gasteiger partial charge in [-0.1, -0.05) is 23.7 Å². The fourth-order valence-corrected chi connectivity index (χ4v) is 4.54. The molecule has 1 fully saturated rings.